The van der Waals surface area contributed by atoms with Crippen LogP contribution in [0.2, 0.25) is 10.2 Å². The zero-order valence-electron chi connectivity index (χ0n) is 12.3. The minimum absolute atomic E-state index is 0.113. The molecule has 2 rings (SSSR count). The van der Waals surface area contributed by atoms with E-state index in [2.05, 4.69) is 17.2 Å². The zero-order valence-corrected chi connectivity index (χ0v) is 13.8. The van der Waals surface area contributed by atoms with Gasteiger partial charge in [-0.3, -0.25) is 4.79 Å². The van der Waals surface area contributed by atoms with Crippen molar-refractivity contribution in [2.24, 2.45) is 5.92 Å². The van der Waals surface area contributed by atoms with Gasteiger partial charge in [-0.15, -0.1) is 0 Å². The van der Waals surface area contributed by atoms with Crippen LogP contribution in [0.5, 0.6) is 0 Å². The van der Waals surface area contributed by atoms with E-state index in [9.17, 15) is 9.59 Å². The van der Waals surface area contributed by atoms with Gasteiger partial charge in [-0.25, -0.2) is 9.78 Å². The molecule has 7 heteroatoms. The number of pyridine rings is 1. The Labute approximate surface area is 139 Å². The lowest BCUT2D eigenvalue weighted by Crippen LogP contribution is -2.42. The molecule has 22 heavy (non-hydrogen) atoms. The normalized spacial score (nSPS) is 21.2. The molecule has 0 unspecified atom stereocenters. The molecule has 1 N–H and O–H groups in total. The Hall–Kier alpha value is -1.33. The molecule has 0 aromatic carbocycles. The fourth-order valence-electron chi connectivity index (χ4n) is 2.53. The summed E-state index contributed by atoms with van der Waals surface area (Å²) in [7, 11) is 0. The van der Waals surface area contributed by atoms with Crippen LogP contribution in [-0.4, -0.2) is 29.5 Å². The number of carbonyl (C=O) groups excluding carboxylic acids is 2. The predicted molar refractivity (Wildman–Crippen MR) is 84.1 cm³/mol. The van der Waals surface area contributed by atoms with Crippen molar-refractivity contribution in [3.8, 4) is 0 Å². The second-order valence-electron chi connectivity index (χ2n) is 5.51. The summed E-state index contributed by atoms with van der Waals surface area (Å²) in [5.41, 5.74) is 0.160. The topological polar surface area (TPSA) is 68.3 Å². The Morgan fingerprint density at radius 3 is 2.77 bits per heavy atom. The van der Waals surface area contributed by atoms with Crippen LogP contribution in [0.3, 0.4) is 0 Å². The molecule has 1 aliphatic carbocycles. The van der Waals surface area contributed by atoms with Crippen molar-refractivity contribution in [1.29, 1.82) is 0 Å². The highest BCUT2D eigenvalue weighted by Crippen LogP contribution is 2.23. The minimum atomic E-state index is -0.655. The van der Waals surface area contributed by atoms with Crippen LogP contribution in [-0.2, 0) is 9.53 Å². The molecule has 1 heterocycles. The fourth-order valence-corrected chi connectivity index (χ4v) is 2.80. The standard InChI is InChI=1S/C15H18Cl2N2O3/c1-9-4-2-3-5-12(9)19-13(20)8-22-15(21)10-6-11(16)14(17)18-7-10/h6-7,9,12H,2-5,8H2,1H3,(H,19,20)/t9-,12-/m1/s1. The molecule has 2 atom stereocenters. The Morgan fingerprint density at radius 2 is 2.09 bits per heavy atom. The smallest absolute Gasteiger partial charge is 0.340 e. The molecule has 0 saturated heterocycles. The van der Waals surface area contributed by atoms with Crippen LogP contribution in [0.4, 0.5) is 0 Å². The van der Waals surface area contributed by atoms with Crippen LogP contribution in [0.1, 0.15) is 43.0 Å². The lowest BCUT2D eigenvalue weighted by atomic mass is 9.86. The molecule has 1 fully saturated rings. The number of rotatable bonds is 4. The molecule has 120 valence electrons. The number of esters is 1. The van der Waals surface area contributed by atoms with E-state index in [1.807, 2.05) is 0 Å². The third-order valence-electron chi connectivity index (χ3n) is 3.82. The number of nitrogens with one attached hydrogen (secondary N) is 1. The second-order valence-corrected chi connectivity index (χ2v) is 6.27. The van der Waals surface area contributed by atoms with E-state index in [4.69, 9.17) is 27.9 Å². The van der Waals surface area contributed by atoms with E-state index < -0.39 is 5.97 Å². The molecule has 0 bridgehead atoms. The quantitative estimate of drug-likeness (QED) is 0.672. The maximum atomic E-state index is 11.9. The van der Waals surface area contributed by atoms with Crippen molar-refractivity contribution < 1.29 is 14.3 Å². The van der Waals surface area contributed by atoms with Gasteiger partial charge in [-0.05, 0) is 24.8 Å². The van der Waals surface area contributed by atoms with E-state index in [1.54, 1.807) is 0 Å². The number of hydrogen-bond acceptors (Lipinski definition) is 4. The van der Waals surface area contributed by atoms with E-state index in [0.29, 0.717) is 5.92 Å². The van der Waals surface area contributed by atoms with Gasteiger partial charge < -0.3 is 10.1 Å². The molecule has 0 aliphatic heterocycles. The van der Waals surface area contributed by atoms with Gasteiger partial charge in [-0.1, -0.05) is 43.0 Å². The van der Waals surface area contributed by atoms with Crippen LogP contribution >= 0.6 is 23.2 Å². The molecule has 0 radical (unpaired) electrons. The Bertz CT molecular complexity index is 566. The van der Waals surface area contributed by atoms with Gasteiger partial charge in [0.2, 0.25) is 0 Å². The van der Waals surface area contributed by atoms with Crippen LogP contribution in [0, 0.1) is 5.92 Å². The number of carbonyl (C=O) groups is 2. The monoisotopic (exact) mass is 344 g/mol. The number of halogens is 2. The summed E-state index contributed by atoms with van der Waals surface area (Å²) in [5, 5.41) is 3.19. The summed E-state index contributed by atoms with van der Waals surface area (Å²) in [6, 6.07) is 1.52. The molecule has 0 spiro atoms. The first kappa shape index (κ1) is 17.0. The van der Waals surface area contributed by atoms with E-state index >= 15 is 0 Å². The van der Waals surface area contributed by atoms with Crippen molar-refractivity contribution in [2.45, 2.75) is 38.6 Å². The Balaban J connectivity index is 1.82. The highest BCUT2D eigenvalue weighted by atomic mass is 35.5. The largest absolute Gasteiger partial charge is 0.452 e. The highest BCUT2D eigenvalue weighted by molar-refractivity contribution is 6.41. The lowest BCUT2D eigenvalue weighted by Gasteiger charge is -2.29. The third-order valence-corrected chi connectivity index (χ3v) is 4.51. The van der Waals surface area contributed by atoms with Crippen LogP contribution in [0.25, 0.3) is 0 Å². The number of aromatic nitrogens is 1. The summed E-state index contributed by atoms with van der Waals surface area (Å²) in [6.45, 7) is 1.81. The van der Waals surface area contributed by atoms with Crippen LogP contribution in [0.15, 0.2) is 12.3 Å². The summed E-state index contributed by atoms with van der Waals surface area (Å²) < 4.78 is 4.97. The first-order valence-electron chi connectivity index (χ1n) is 7.25. The average molecular weight is 345 g/mol. The minimum Gasteiger partial charge on any atom is -0.452 e. The SMILES string of the molecule is C[C@@H]1CCCC[C@H]1NC(=O)COC(=O)c1cnc(Cl)c(Cl)c1. The Morgan fingerprint density at radius 1 is 1.36 bits per heavy atom. The first-order chi connectivity index (χ1) is 10.5. The number of nitrogens with zero attached hydrogens (tertiary/aromatic N) is 1. The van der Waals surface area contributed by atoms with Gasteiger partial charge in [0.1, 0.15) is 5.15 Å². The number of hydrogen-bond donors (Lipinski definition) is 1. The molecule has 1 aromatic rings. The lowest BCUT2D eigenvalue weighted by molar-refractivity contribution is -0.125. The van der Waals surface area contributed by atoms with Gasteiger partial charge in [0.25, 0.3) is 5.91 Å². The van der Waals surface area contributed by atoms with Crippen molar-refractivity contribution in [1.82, 2.24) is 10.3 Å². The number of ether oxygens (including phenoxy) is 1. The molecular weight excluding hydrogens is 327 g/mol. The van der Waals surface area contributed by atoms with E-state index in [1.165, 1.54) is 18.7 Å². The van der Waals surface area contributed by atoms with Crippen LogP contribution < -0.4 is 5.32 Å². The van der Waals surface area contributed by atoms with Crippen molar-refractivity contribution >= 4 is 35.1 Å². The van der Waals surface area contributed by atoms with Gasteiger partial charge in [0, 0.05) is 12.2 Å². The third kappa shape index (κ3) is 4.58. The summed E-state index contributed by atoms with van der Waals surface area (Å²) >= 11 is 11.5. The van der Waals surface area contributed by atoms with Crippen molar-refractivity contribution in [2.75, 3.05) is 6.61 Å². The summed E-state index contributed by atoms with van der Waals surface area (Å²) in [4.78, 5) is 27.5. The van der Waals surface area contributed by atoms with Gasteiger partial charge in [-0.2, -0.15) is 0 Å². The molecule has 1 aromatic heterocycles. The predicted octanol–water partition coefficient (Wildman–Crippen LogP) is 3.24. The molecule has 5 nitrogen and oxygen atoms in total. The fraction of sp³-hybridized carbons (Fsp3) is 0.533. The first-order valence-corrected chi connectivity index (χ1v) is 8.00. The van der Waals surface area contributed by atoms with Gasteiger partial charge in [0.15, 0.2) is 6.61 Å². The molecule has 1 saturated carbocycles. The second kappa shape index (κ2) is 7.79. The number of amides is 1. The average Bonchev–Trinajstić information content (AvgIpc) is 2.50. The molecule has 1 aliphatic rings. The highest BCUT2D eigenvalue weighted by Gasteiger charge is 2.23. The Kier molecular flexibility index (Phi) is 6.03. The zero-order chi connectivity index (χ0) is 16.1. The molecule has 1 amide bonds. The van der Waals surface area contributed by atoms with Crippen molar-refractivity contribution in [3.05, 3.63) is 28.0 Å². The maximum Gasteiger partial charge on any atom is 0.340 e. The van der Waals surface area contributed by atoms with E-state index in [-0.39, 0.29) is 34.3 Å². The van der Waals surface area contributed by atoms with Gasteiger partial charge in [0.05, 0.1) is 10.6 Å². The van der Waals surface area contributed by atoms with E-state index in [0.717, 1.165) is 19.3 Å². The van der Waals surface area contributed by atoms with Crippen molar-refractivity contribution in [3.63, 3.8) is 0 Å². The maximum absolute atomic E-state index is 11.9. The summed E-state index contributed by atoms with van der Waals surface area (Å²) in [6.07, 6.45) is 5.66. The molecular formula is C15H18Cl2N2O3. The van der Waals surface area contributed by atoms with Gasteiger partial charge >= 0.3 is 5.97 Å². The summed E-state index contributed by atoms with van der Waals surface area (Å²) in [5.74, 6) is -0.495.